The molecule has 0 unspecified atom stereocenters. The van der Waals surface area contributed by atoms with Crippen molar-refractivity contribution in [3.63, 3.8) is 0 Å². The Bertz CT molecular complexity index is 191. The van der Waals surface area contributed by atoms with Crippen LogP contribution in [0.4, 0.5) is 0 Å². The number of carbonyl (C=O) groups excluding carboxylic acids is 1. The molecular formula is C12H22O3. The van der Waals surface area contributed by atoms with E-state index in [9.17, 15) is 4.79 Å². The van der Waals surface area contributed by atoms with E-state index in [0.29, 0.717) is 0 Å². The molecular weight excluding hydrogens is 192 g/mol. The molecule has 3 nitrogen and oxygen atoms in total. The van der Waals surface area contributed by atoms with Gasteiger partial charge in [0.2, 0.25) is 6.29 Å². The molecule has 0 radical (unpaired) electrons. The maximum atomic E-state index is 11.9. The minimum Gasteiger partial charge on any atom is -0.349 e. The number of Topliss-reactive ketones (excluding diaryl/α,β-unsaturated/α-hetero) is 1. The summed E-state index contributed by atoms with van der Waals surface area (Å²) in [4.78, 5) is 11.9. The zero-order valence-corrected chi connectivity index (χ0v) is 9.99. The predicted molar refractivity (Wildman–Crippen MR) is 58.6 cm³/mol. The Morgan fingerprint density at radius 1 is 1.20 bits per heavy atom. The molecule has 1 saturated carbocycles. The number of ketones is 1. The first kappa shape index (κ1) is 12.7. The Kier molecular flexibility index (Phi) is 5.26. The quantitative estimate of drug-likeness (QED) is 0.659. The van der Waals surface area contributed by atoms with Crippen LogP contribution in [0.2, 0.25) is 0 Å². The number of ether oxygens (including phenoxy) is 2. The Balaban J connectivity index is 2.42. The summed E-state index contributed by atoms with van der Waals surface area (Å²) in [6.45, 7) is 2.22. The van der Waals surface area contributed by atoms with Crippen LogP contribution in [0.1, 0.15) is 39.0 Å². The lowest BCUT2D eigenvalue weighted by Gasteiger charge is -2.28. The van der Waals surface area contributed by atoms with Crippen LogP contribution >= 0.6 is 0 Å². The fourth-order valence-electron chi connectivity index (χ4n) is 2.38. The van der Waals surface area contributed by atoms with Gasteiger partial charge in [0.25, 0.3) is 0 Å². The highest BCUT2D eigenvalue weighted by Crippen LogP contribution is 2.31. The topological polar surface area (TPSA) is 35.5 Å². The van der Waals surface area contributed by atoms with E-state index in [-0.39, 0.29) is 11.7 Å². The average Bonchev–Trinajstić information content (AvgIpc) is 2.30. The van der Waals surface area contributed by atoms with Crippen molar-refractivity contribution in [3.8, 4) is 0 Å². The van der Waals surface area contributed by atoms with Crippen molar-refractivity contribution in [1.82, 2.24) is 0 Å². The van der Waals surface area contributed by atoms with Crippen molar-refractivity contribution in [2.24, 2.45) is 11.8 Å². The van der Waals surface area contributed by atoms with Gasteiger partial charge in [-0.05, 0) is 31.6 Å². The highest BCUT2D eigenvalue weighted by Gasteiger charge is 2.30. The van der Waals surface area contributed by atoms with Crippen molar-refractivity contribution < 1.29 is 14.3 Å². The zero-order chi connectivity index (χ0) is 11.3. The summed E-state index contributed by atoms with van der Waals surface area (Å²) in [5.41, 5.74) is 0. The van der Waals surface area contributed by atoms with Gasteiger partial charge in [-0.3, -0.25) is 4.79 Å². The summed E-state index contributed by atoms with van der Waals surface area (Å²) >= 11 is 0. The fourth-order valence-corrected chi connectivity index (χ4v) is 2.38. The average molecular weight is 214 g/mol. The Hall–Kier alpha value is -0.410. The molecule has 0 N–H and O–H groups in total. The van der Waals surface area contributed by atoms with Gasteiger partial charge in [-0.1, -0.05) is 13.3 Å². The van der Waals surface area contributed by atoms with Crippen molar-refractivity contribution in [1.29, 1.82) is 0 Å². The van der Waals surface area contributed by atoms with Crippen LogP contribution in [0, 0.1) is 11.8 Å². The molecule has 0 aromatic rings. The lowest BCUT2D eigenvalue weighted by atomic mass is 9.79. The molecule has 1 aliphatic rings. The number of rotatable bonds is 5. The molecule has 1 aliphatic carbocycles. The molecule has 0 spiro atoms. The molecule has 88 valence electrons. The molecule has 1 rings (SSSR count). The predicted octanol–water partition coefficient (Wildman–Crippen LogP) is 2.39. The van der Waals surface area contributed by atoms with Gasteiger partial charge in [0.05, 0.1) is 0 Å². The van der Waals surface area contributed by atoms with Gasteiger partial charge in [0, 0.05) is 20.1 Å². The second-order valence-corrected chi connectivity index (χ2v) is 4.33. The van der Waals surface area contributed by atoms with E-state index in [2.05, 4.69) is 6.92 Å². The summed E-state index contributed by atoms with van der Waals surface area (Å²) < 4.78 is 9.99. The first-order chi connectivity index (χ1) is 7.22. The highest BCUT2D eigenvalue weighted by molar-refractivity contribution is 5.84. The SMILES string of the molecule is CCC1CCC(C(=O)C(OC)OC)CC1. The largest absolute Gasteiger partial charge is 0.349 e. The van der Waals surface area contributed by atoms with Gasteiger partial charge in [0.15, 0.2) is 5.78 Å². The van der Waals surface area contributed by atoms with Crippen molar-refractivity contribution in [2.45, 2.75) is 45.3 Å². The Morgan fingerprint density at radius 2 is 1.73 bits per heavy atom. The minimum atomic E-state index is -0.659. The van der Waals surface area contributed by atoms with E-state index in [1.165, 1.54) is 33.5 Å². The van der Waals surface area contributed by atoms with Crippen LogP contribution in [-0.4, -0.2) is 26.3 Å². The molecule has 0 aromatic carbocycles. The van der Waals surface area contributed by atoms with Gasteiger partial charge in [-0.2, -0.15) is 0 Å². The lowest BCUT2D eigenvalue weighted by Crippen LogP contribution is -2.33. The summed E-state index contributed by atoms with van der Waals surface area (Å²) in [5, 5.41) is 0. The van der Waals surface area contributed by atoms with Gasteiger partial charge in [-0.25, -0.2) is 0 Å². The standard InChI is InChI=1S/C12H22O3/c1-4-9-5-7-10(8-6-9)11(13)12(14-2)15-3/h9-10,12H,4-8H2,1-3H3. The van der Waals surface area contributed by atoms with Crippen molar-refractivity contribution in [2.75, 3.05) is 14.2 Å². The third-order valence-corrected chi connectivity index (χ3v) is 3.49. The molecule has 0 aromatic heterocycles. The Morgan fingerprint density at radius 3 is 2.13 bits per heavy atom. The second-order valence-electron chi connectivity index (χ2n) is 4.33. The number of carbonyl (C=O) groups is 1. The van der Waals surface area contributed by atoms with Gasteiger partial charge >= 0.3 is 0 Å². The fraction of sp³-hybridized carbons (Fsp3) is 0.917. The molecule has 1 fully saturated rings. The summed E-state index contributed by atoms with van der Waals surface area (Å²) in [5.74, 6) is 1.09. The van der Waals surface area contributed by atoms with Crippen molar-refractivity contribution in [3.05, 3.63) is 0 Å². The molecule has 0 amide bonds. The van der Waals surface area contributed by atoms with Crippen LogP contribution in [0.25, 0.3) is 0 Å². The van der Waals surface area contributed by atoms with E-state index in [0.717, 1.165) is 18.8 Å². The lowest BCUT2D eigenvalue weighted by molar-refractivity contribution is -0.162. The van der Waals surface area contributed by atoms with E-state index in [4.69, 9.17) is 9.47 Å². The first-order valence-corrected chi connectivity index (χ1v) is 5.82. The molecule has 0 heterocycles. The third-order valence-electron chi connectivity index (χ3n) is 3.49. The molecule has 0 saturated heterocycles. The van der Waals surface area contributed by atoms with Gasteiger partial charge in [0.1, 0.15) is 0 Å². The number of hydrogen-bond donors (Lipinski definition) is 0. The molecule has 0 aliphatic heterocycles. The maximum absolute atomic E-state index is 11.9. The van der Waals surface area contributed by atoms with E-state index in [1.54, 1.807) is 0 Å². The van der Waals surface area contributed by atoms with Gasteiger partial charge < -0.3 is 9.47 Å². The van der Waals surface area contributed by atoms with Crippen LogP contribution in [0.3, 0.4) is 0 Å². The summed E-state index contributed by atoms with van der Waals surface area (Å²) in [6.07, 6.45) is 4.92. The van der Waals surface area contributed by atoms with Crippen LogP contribution in [0.5, 0.6) is 0 Å². The maximum Gasteiger partial charge on any atom is 0.217 e. The number of methoxy groups -OCH3 is 2. The summed E-state index contributed by atoms with van der Waals surface area (Å²) in [6, 6.07) is 0. The first-order valence-electron chi connectivity index (χ1n) is 5.82. The number of hydrogen-bond acceptors (Lipinski definition) is 3. The second kappa shape index (κ2) is 6.23. The third kappa shape index (κ3) is 3.28. The summed E-state index contributed by atoms with van der Waals surface area (Å²) in [7, 11) is 3.04. The molecule has 15 heavy (non-hydrogen) atoms. The van der Waals surface area contributed by atoms with Crippen LogP contribution in [-0.2, 0) is 14.3 Å². The minimum absolute atomic E-state index is 0.120. The van der Waals surface area contributed by atoms with Gasteiger partial charge in [-0.15, -0.1) is 0 Å². The van der Waals surface area contributed by atoms with Crippen LogP contribution < -0.4 is 0 Å². The normalized spacial score (nSPS) is 26.9. The Labute approximate surface area is 92.1 Å². The monoisotopic (exact) mass is 214 g/mol. The van der Waals surface area contributed by atoms with Crippen molar-refractivity contribution >= 4 is 5.78 Å². The molecule has 0 bridgehead atoms. The van der Waals surface area contributed by atoms with E-state index < -0.39 is 6.29 Å². The molecule has 3 heteroatoms. The smallest absolute Gasteiger partial charge is 0.217 e. The van der Waals surface area contributed by atoms with Crippen LogP contribution in [0.15, 0.2) is 0 Å². The van der Waals surface area contributed by atoms with E-state index >= 15 is 0 Å². The molecule has 0 atom stereocenters. The van der Waals surface area contributed by atoms with E-state index in [1.807, 2.05) is 0 Å². The zero-order valence-electron chi connectivity index (χ0n) is 9.99. The highest BCUT2D eigenvalue weighted by atomic mass is 16.7.